The molecule has 3 rings (SSSR count). The highest BCUT2D eigenvalue weighted by Gasteiger charge is 2.03. The summed E-state index contributed by atoms with van der Waals surface area (Å²) in [6.07, 6.45) is 5.18. The first-order chi connectivity index (χ1) is 7.43. The van der Waals surface area contributed by atoms with Gasteiger partial charge in [-0.1, -0.05) is 0 Å². The highest BCUT2D eigenvalue weighted by atomic mass is 15.2. The SMILES string of the molecule is c1c[nH]c(-c2nnc3ccncc3n2)c1. The first-order valence-electron chi connectivity index (χ1n) is 4.52. The fourth-order valence-corrected chi connectivity index (χ4v) is 1.37. The lowest BCUT2D eigenvalue weighted by molar-refractivity contribution is 1.02. The molecule has 0 atom stereocenters. The Kier molecular flexibility index (Phi) is 1.68. The normalized spacial score (nSPS) is 10.7. The number of rotatable bonds is 1. The first-order valence-corrected chi connectivity index (χ1v) is 4.52. The summed E-state index contributed by atoms with van der Waals surface area (Å²) in [5.74, 6) is 0.584. The zero-order valence-corrected chi connectivity index (χ0v) is 7.75. The Labute approximate surface area is 85.2 Å². The van der Waals surface area contributed by atoms with E-state index in [-0.39, 0.29) is 0 Å². The molecule has 3 heterocycles. The maximum absolute atomic E-state index is 4.35. The number of aromatic amines is 1. The van der Waals surface area contributed by atoms with Gasteiger partial charge in [0.25, 0.3) is 0 Å². The predicted octanol–water partition coefficient (Wildman–Crippen LogP) is 1.41. The van der Waals surface area contributed by atoms with Crippen LogP contribution >= 0.6 is 0 Å². The van der Waals surface area contributed by atoms with Crippen LogP contribution in [0, 0.1) is 0 Å². The molecule has 0 aromatic carbocycles. The molecular weight excluding hydrogens is 190 g/mol. The Balaban J connectivity index is 2.22. The van der Waals surface area contributed by atoms with Gasteiger partial charge >= 0.3 is 0 Å². The first kappa shape index (κ1) is 8.05. The Hall–Kier alpha value is -2.30. The molecule has 0 bridgehead atoms. The average molecular weight is 197 g/mol. The van der Waals surface area contributed by atoms with Gasteiger partial charge < -0.3 is 4.98 Å². The summed E-state index contributed by atoms with van der Waals surface area (Å²) in [4.78, 5) is 11.4. The van der Waals surface area contributed by atoms with Crippen molar-refractivity contribution in [3.8, 4) is 11.5 Å². The van der Waals surface area contributed by atoms with Crippen molar-refractivity contribution in [2.75, 3.05) is 0 Å². The van der Waals surface area contributed by atoms with Gasteiger partial charge in [-0.3, -0.25) is 4.98 Å². The van der Waals surface area contributed by atoms with Gasteiger partial charge in [0.15, 0.2) is 5.82 Å². The maximum Gasteiger partial charge on any atom is 0.198 e. The van der Waals surface area contributed by atoms with Gasteiger partial charge in [0.1, 0.15) is 11.0 Å². The minimum atomic E-state index is 0.584. The van der Waals surface area contributed by atoms with Crippen molar-refractivity contribution in [2.24, 2.45) is 0 Å². The largest absolute Gasteiger partial charge is 0.359 e. The van der Waals surface area contributed by atoms with Crippen molar-refractivity contribution < 1.29 is 0 Å². The topological polar surface area (TPSA) is 67.3 Å². The Morgan fingerprint density at radius 1 is 1.07 bits per heavy atom. The molecule has 5 heteroatoms. The lowest BCUT2D eigenvalue weighted by Crippen LogP contribution is -1.94. The van der Waals surface area contributed by atoms with Gasteiger partial charge in [0.05, 0.1) is 11.9 Å². The summed E-state index contributed by atoms with van der Waals surface area (Å²) < 4.78 is 0. The quantitative estimate of drug-likeness (QED) is 0.640. The molecule has 3 aromatic heterocycles. The van der Waals surface area contributed by atoms with Gasteiger partial charge in [0, 0.05) is 12.4 Å². The standard InChI is InChI=1S/C10H7N5/c1-2-8(12-4-1)10-13-9-6-11-5-3-7(9)14-15-10/h1-6,12H. The van der Waals surface area contributed by atoms with Crippen LogP contribution in [0.4, 0.5) is 0 Å². The van der Waals surface area contributed by atoms with Crippen molar-refractivity contribution in [3.63, 3.8) is 0 Å². The van der Waals surface area contributed by atoms with E-state index in [2.05, 4.69) is 25.1 Å². The Morgan fingerprint density at radius 2 is 2.07 bits per heavy atom. The number of nitrogens with zero attached hydrogens (tertiary/aromatic N) is 4. The average Bonchev–Trinajstić information content (AvgIpc) is 2.82. The van der Waals surface area contributed by atoms with Crippen LogP contribution in [0.25, 0.3) is 22.6 Å². The molecule has 0 aliphatic heterocycles. The molecule has 1 N–H and O–H groups in total. The number of hydrogen-bond donors (Lipinski definition) is 1. The number of hydrogen-bond acceptors (Lipinski definition) is 4. The van der Waals surface area contributed by atoms with Crippen LogP contribution in [0.3, 0.4) is 0 Å². The van der Waals surface area contributed by atoms with Crippen molar-refractivity contribution in [3.05, 3.63) is 36.8 Å². The molecule has 0 radical (unpaired) electrons. The smallest absolute Gasteiger partial charge is 0.198 e. The zero-order valence-electron chi connectivity index (χ0n) is 7.75. The highest BCUT2D eigenvalue weighted by Crippen LogP contribution is 2.13. The van der Waals surface area contributed by atoms with Gasteiger partial charge in [-0.25, -0.2) is 4.98 Å². The molecule has 0 amide bonds. The van der Waals surface area contributed by atoms with E-state index >= 15 is 0 Å². The Morgan fingerprint density at radius 3 is 2.93 bits per heavy atom. The van der Waals surface area contributed by atoms with Crippen LogP contribution in [0.5, 0.6) is 0 Å². The molecular formula is C10H7N5. The van der Waals surface area contributed by atoms with E-state index in [1.807, 2.05) is 18.3 Å². The molecule has 0 fully saturated rings. The Bertz CT molecular complexity index is 588. The van der Waals surface area contributed by atoms with Gasteiger partial charge in [0.2, 0.25) is 0 Å². The van der Waals surface area contributed by atoms with Gasteiger partial charge in [-0.05, 0) is 18.2 Å². The van der Waals surface area contributed by atoms with E-state index in [4.69, 9.17) is 0 Å². The van der Waals surface area contributed by atoms with Crippen molar-refractivity contribution in [1.82, 2.24) is 25.1 Å². The summed E-state index contributed by atoms with van der Waals surface area (Å²) in [6, 6.07) is 5.58. The summed E-state index contributed by atoms with van der Waals surface area (Å²) in [6.45, 7) is 0. The second-order valence-electron chi connectivity index (χ2n) is 3.08. The minimum absolute atomic E-state index is 0.584. The van der Waals surface area contributed by atoms with Gasteiger partial charge in [-0.15, -0.1) is 10.2 Å². The number of aromatic nitrogens is 5. The van der Waals surface area contributed by atoms with Crippen molar-refractivity contribution in [1.29, 1.82) is 0 Å². The summed E-state index contributed by atoms with van der Waals surface area (Å²) in [5, 5.41) is 8.09. The number of pyridine rings is 1. The van der Waals surface area contributed by atoms with E-state index in [0.717, 1.165) is 16.7 Å². The number of nitrogens with one attached hydrogen (secondary N) is 1. The van der Waals surface area contributed by atoms with Crippen LogP contribution in [-0.2, 0) is 0 Å². The van der Waals surface area contributed by atoms with Crippen molar-refractivity contribution >= 4 is 11.0 Å². The third-order valence-corrected chi connectivity index (χ3v) is 2.10. The second-order valence-corrected chi connectivity index (χ2v) is 3.08. The molecule has 3 aromatic rings. The third kappa shape index (κ3) is 1.34. The van der Waals surface area contributed by atoms with E-state index < -0.39 is 0 Å². The third-order valence-electron chi connectivity index (χ3n) is 2.10. The number of fused-ring (bicyclic) bond motifs is 1. The van der Waals surface area contributed by atoms with E-state index in [1.54, 1.807) is 18.5 Å². The van der Waals surface area contributed by atoms with E-state index in [9.17, 15) is 0 Å². The molecule has 0 aliphatic rings. The molecule has 5 nitrogen and oxygen atoms in total. The summed E-state index contributed by atoms with van der Waals surface area (Å²) >= 11 is 0. The van der Waals surface area contributed by atoms with Crippen LogP contribution in [0.15, 0.2) is 36.8 Å². The summed E-state index contributed by atoms with van der Waals surface area (Å²) in [7, 11) is 0. The molecule has 72 valence electrons. The lowest BCUT2D eigenvalue weighted by atomic mass is 10.4. The van der Waals surface area contributed by atoms with E-state index in [0.29, 0.717) is 5.82 Å². The molecule has 0 saturated heterocycles. The molecule has 0 saturated carbocycles. The van der Waals surface area contributed by atoms with Crippen LogP contribution in [0.1, 0.15) is 0 Å². The molecule has 0 unspecified atom stereocenters. The zero-order chi connectivity index (χ0) is 10.1. The molecule has 15 heavy (non-hydrogen) atoms. The van der Waals surface area contributed by atoms with Gasteiger partial charge in [-0.2, -0.15) is 0 Å². The van der Waals surface area contributed by atoms with Crippen molar-refractivity contribution in [2.45, 2.75) is 0 Å². The lowest BCUT2D eigenvalue weighted by Gasteiger charge is -1.97. The minimum Gasteiger partial charge on any atom is -0.359 e. The van der Waals surface area contributed by atoms with Crippen LogP contribution in [-0.4, -0.2) is 25.1 Å². The highest BCUT2D eigenvalue weighted by molar-refractivity contribution is 5.73. The van der Waals surface area contributed by atoms with Crippen LogP contribution < -0.4 is 0 Å². The second kappa shape index (κ2) is 3.13. The predicted molar refractivity (Wildman–Crippen MR) is 54.9 cm³/mol. The fourth-order valence-electron chi connectivity index (χ4n) is 1.37. The van der Waals surface area contributed by atoms with Crippen LogP contribution in [0.2, 0.25) is 0 Å². The monoisotopic (exact) mass is 197 g/mol. The number of H-pyrrole nitrogens is 1. The summed E-state index contributed by atoms with van der Waals surface area (Å²) in [5.41, 5.74) is 2.35. The maximum atomic E-state index is 4.35. The fraction of sp³-hybridized carbons (Fsp3) is 0. The molecule has 0 aliphatic carbocycles. The molecule has 0 spiro atoms. The van der Waals surface area contributed by atoms with E-state index in [1.165, 1.54) is 0 Å².